The molecule has 1 aromatic heterocycles. The van der Waals surface area contributed by atoms with Crippen molar-refractivity contribution >= 4 is 60.0 Å². The second-order valence-corrected chi connectivity index (χ2v) is 1.83. The quantitative estimate of drug-likeness (QED) is 0.489. The fraction of sp³-hybridized carbons (Fsp3) is 0. The van der Waals surface area contributed by atoms with Crippen LogP contribution in [0.15, 0.2) is 16.9 Å². The number of aromatic nitrogens is 1. The predicted octanol–water partition coefficient (Wildman–Crippen LogP) is -0.384. The Balaban J connectivity index is 0.000000810. The SMILES string of the molecule is OP(O)Oc1ncco1.[KH]. The van der Waals surface area contributed by atoms with Gasteiger partial charge in [0.25, 0.3) is 0 Å². The van der Waals surface area contributed by atoms with Gasteiger partial charge in [-0.25, -0.2) is 0 Å². The molecule has 0 radical (unpaired) electrons. The van der Waals surface area contributed by atoms with Crippen molar-refractivity contribution in [3.05, 3.63) is 12.5 Å². The molecule has 0 amide bonds. The van der Waals surface area contributed by atoms with Gasteiger partial charge in [0.05, 0.1) is 6.20 Å². The Kier molecular flexibility index (Phi) is 6.18. The van der Waals surface area contributed by atoms with Gasteiger partial charge in [-0.2, -0.15) is 4.98 Å². The van der Waals surface area contributed by atoms with E-state index in [0.717, 1.165) is 0 Å². The summed E-state index contributed by atoms with van der Waals surface area (Å²) in [5, 5.41) is 0. The number of nitrogens with zero attached hydrogens (tertiary/aromatic N) is 1. The summed E-state index contributed by atoms with van der Waals surface area (Å²) in [4.78, 5) is 19.9. The van der Waals surface area contributed by atoms with Crippen LogP contribution < -0.4 is 4.52 Å². The van der Waals surface area contributed by atoms with Crippen molar-refractivity contribution in [3.63, 3.8) is 0 Å². The minimum atomic E-state index is -2.41. The van der Waals surface area contributed by atoms with Crippen LogP contribution in [0.2, 0.25) is 0 Å². The summed E-state index contributed by atoms with van der Waals surface area (Å²) >= 11 is 0. The van der Waals surface area contributed by atoms with Crippen LogP contribution in [-0.2, 0) is 0 Å². The third-order valence-electron chi connectivity index (χ3n) is 0.569. The molecule has 0 unspecified atom stereocenters. The van der Waals surface area contributed by atoms with Gasteiger partial charge < -0.3 is 18.7 Å². The van der Waals surface area contributed by atoms with Gasteiger partial charge in [0, 0.05) is 0 Å². The molecule has 1 rings (SSSR count). The topological polar surface area (TPSA) is 75.7 Å². The fourth-order valence-corrected chi connectivity index (χ4v) is 0.555. The average Bonchev–Trinajstić information content (AvgIpc) is 2.15. The first kappa shape index (κ1) is 11.0. The first-order valence-electron chi connectivity index (χ1n) is 2.04. The predicted molar refractivity (Wildman–Crippen MR) is 35.6 cm³/mol. The van der Waals surface area contributed by atoms with Crippen molar-refractivity contribution in [2.24, 2.45) is 0 Å². The monoisotopic (exact) mass is 189 g/mol. The van der Waals surface area contributed by atoms with E-state index in [1.54, 1.807) is 0 Å². The van der Waals surface area contributed by atoms with Crippen LogP contribution in [0.5, 0.6) is 6.08 Å². The number of hydrogen-bond acceptors (Lipinski definition) is 5. The number of hydrogen-bond donors (Lipinski definition) is 2. The van der Waals surface area contributed by atoms with Gasteiger partial charge in [-0.05, 0) is 0 Å². The first-order chi connectivity index (χ1) is 4.29. The van der Waals surface area contributed by atoms with Crippen LogP contribution in [-0.4, -0.2) is 66.2 Å². The van der Waals surface area contributed by atoms with E-state index in [2.05, 4.69) is 13.9 Å². The molecule has 0 aliphatic carbocycles. The molecule has 10 heavy (non-hydrogen) atoms. The summed E-state index contributed by atoms with van der Waals surface area (Å²) in [6, 6.07) is 0. The van der Waals surface area contributed by atoms with Gasteiger partial charge in [-0.3, -0.25) is 0 Å². The third-order valence-corrected chi connectivity index (χ3v) is 0.889. The Morgan fingerprint density at radius 2 is 2.30 bits per heavy atom. The molecule has 0 saturated heterocycles. The van der Waals surface area contributed by atoms with Crippen molar-refractivity contribution in [2.45, 2.75) is 0 Å². The summed E-state index contributed by atoms with van der Waals surface area (Å²) in [5.74, 6) is 0. The van der Waals surface area contributed by atoms with E-state index in [0.29, 0.717) is 0 Å². The van der Waals surface area contributed by atoms with Gasteiger partial charge in [0.1, 0.15) is 6.26 Å². The maximum atomic E-state index is 8.22. The molecule has 2 N–H and O–H groups in total. The van der Waals surface area contributed by atoms with Crippen LogP contribution in [0.4, 0.5) is 0 Å². The number of rotatable bonds is 2. The molecule has 0 aliphatic rings. The van der Waals surface area contributed by atoms with Crippen LogP contribution in [0.1, 0.15) is 0 Å². The van der Waals surface area contributed by atoms with E-state index < -0.39 is 8.60 Å². The van der Waals surface area contributed by atoms with E-state index in [1.165, 1.54) is 12.5 Å². The molecule has 0 aliphatic heterocycles. The average molecular weight is 189 g/mol. The van der Waals surface area contributed by atoms with Gasteiger partial charge in [0.2, 0.25) is 0 Å². The zero-order chi connectivity index (χ0) is 6.69. The normalized spacial score (nSPS) is 9.10. The van der Waals surface area contributed by atoms with E-state index >= 15 is 0 Å². The van der Waals surface area contributed by atoms with Crippen LogP contribution in [0.25, 0.3) is 0 Å². The molecule has 1 aromatic rings. The summed E-state index contributed by atoms with van der Waals surface area (Å²) in [6.45, 7) is 0. The maximum absolute atomic E-state index is 8.22. The van der Waals surface area contributed by atoms with Crippen LogP contribution >= 0.6 is 8.60 Å². The second-order valence-electron chi connectivity index (χ2n) is 1.14. The Morgan fingerprint density at radius 3 is 2.70 bits per heavy atom. The molecule has 0 fully saturated rings. The Hall–Kier alpha value is 0.996. The van der Waals surface area contributed by atoms with Crippen molar-refractivity contribution in [1.82, 2.24) is 4.98 Å². The summed E-state index contributed by atoms with van der Waals surface area (Å²) in [6.07, 6.45) is 2.48. The Morgan fingerprint density at radius 1 is 1.60 bits per heavy atom. The number of oxazole rings is 1. The van der Waals surface area contributed by atoms with Gasteiger partial charge in [-0.15, -0.1) is 0 Å². The molecule has 7 heteroatoms. The standard InChI is InChI=1S/C3H4NO4P.K.H/c5-9(6)8-3-4-1-2-7-3;;/h1-2,5-6H;;. The van der Waals surface area contributed by atoms with Crippen molar-refractivity contribution in [1.29, 1.82) is 0 Å². The molecule has 0 bridgehead atoms. The van der Waals surface area contributed by atoms with Crippen molar-refractivity contribution in [2.75, 3.05) is 0 Å². The Bertz CT molecular complexity index is 167. The molecule has 0 saturated carbocycles. The van der Waals surface area contributed by atoms with E-state index in [-0.39, 0.29) is 57.5 Å². The Labute approximate surface area is 101 Å². The van der Waals surface area contributed by atoms with Gasteiger partial charge in [-0.1, -0.05) is 0 Å². The van der Waals surface area contributed by atoms with Crippen molar-refractivity contribution in [3.8, 4) is 6.08 Å². The van der Waals surface area contributed by atoms with E-state index in [4.69, 9.17) is 9.79 Å². The molecular weight excluding hydrogens is 184 g/mol. The molecule has 5 nitrogen and oxygen atoms in total. The molecule has 0 atom stereocenters. The zero-order valence-corrected chi connectivity index (χ0v) is 5.15. The van der Waals surface area contributed by atoms with Gasteiger partial charge >= 0.3 is 66.1 Å². The summed E-state index contributed by atoms with van der Waals surface area (Å²) < 4.78 is 8.76. The molecule has 52 valence electrons. The molecular formula is C3H5KNO4P. The van der Waals surface area contributed by atoms with Crippen LogP contribution in [0, 0.1) is 0 Å². The van der Waals surface area contributed by atoms with E-state index in [9.17, 15) is 0 Å². The van der Waals surface area contributed by atoms with E-state index in [1.807, 2.05) is 0 Å². The second kappa shape index (κ2) is 5.62. The van der Waals surface area contributed by atoms with Crippen molar-refractivity contribution < 1.29 is 18.7 Å². The molecule has 0 aromatic carbocycles. The first-order valence-corrected chi connectivity index (χ1v) is 3.21. The molecule has 1 heterocycles. The van der Waals surface area contributed by atoms with Crippen LogP contribution in [0.3, 0.4) is 0 Å². The zero-order valence-electron chi connectivity index (χ0n) is 4.26. The molecule has 0 spiro atoms. The third kappa shape index (κ3) is 4.00. The summed E-state index contributed by atoms with van der Waals surface area (Å²) in [7, 11) is -2.41. The minimum absolute atomic E-state index is 0. The van der Waals surface area contributed by atoms with Gasteiger partial charge in [0.15, 0.2) is 0 Å². The fourth-order valence-electron chi connectivity index (χ4n) is 0.325. The summed E-state index contributed by atoms with van der Waals surface area (Å²) in [5.41, 5.74) is 0.